The maximum absolute atomic E-state index is 10.3. The highest BCUT2D eigenvalue weighted by Gasteiger charge is 1.97. The third-order valence-corrected chi connectivity index (χ3v) is 2.13. The van der Waals surface area contributed by atoms with Crippen LogP contribution in [0.4, 0.5) is 0 Å². The Morgan fingerprint density at radius 2 is 2.20 bits per heavy atom. The number of hydrogen-bond donors (Lipinski definition) is 2. The van der Waals surface area contributed by atoms with Crippen LogP contribution in [0.5, 0.6) is 0 Å². The summed E-state index contributed by atoms with van der Waals surface area (Å²) in [5.74, 6) is 0.947. The molecule has 0 aliphatic carbocycles. The van der Waals surface area contributed by atoms with Crippen molar-refractivity contribution in [2.45, 2.75) is 6.42 Å². The first kappa shape index (κ1) is 10.2. The molecule has 6 heteroatoms. The monoisotopic (exact) mass is 184 g/mol. The van der Waals surface area contributed by atoms with Crippen LogP contribution in [0, 0.1) is 0 Å². The second-order valence-corrected chi connectivity index (χ2v) is 4.15. The van der Waals surface area contributed by atoms with Crippen molar-refractivity contribution in [2.75, 3.05) is 18.6 Å². The maximum Gasteiger partial charge on any atom is 0.274 e. The van der Waals surface area contributed by atoms with E-state index in [-0.39, 0.29) is 0 Å². The maximum atomic E-state index is 10.3. The molecule has 0 heterocycles. The van der Waals surface area contributed by atoms with Gasteiger partial charge in [0, 0.05) is 6.54 Å². The number of nitrogens with two attached hydrogens (primary N) is 1. The predicted octanol–water partition coefficient (Wildman–Crippen LogP) is -0.467. The zero-order chi connectivity index (χ0) is 8.04. The Kier molecular flexibility index (Phi) is 5.06. The van der Waals surface area contributed by atoms with E-state index in [1.807, 2.05) is 6.26 Å². The minimum Gasteiger partial charge on any atom is -0.216 e. The molecule has 0 bridgehead atoms. The van der Waals surface area contributed by atoms with E-state index in [0.717, 1.165) is 12.2 Å². The Morgan fingerprint density at radius 3 is 2.60 bits per heavy atom. The molecular formula is C4H12N2O2S2. The van der Waals surface area contributed by atoms with Gasteiger partial charge in [-0.15, -0.1) is 0 Å². The lowest BCUT2D eigenvalue weighted by Gasteiger charge is -1.98. The average molecular weight is 184 g/mol. The highest BCUT2D eigenvalue weighted by Crippen LogP contribution is 1.93. The van der Waals surface area contributed by atoms with Crippen LogP contribution in [0.2, 0.25) is 0 Å². The second-order valence-electron chi connectivity index (χ2n) is 1.79. The van der Waals surface area contributed by atoms with Crippen molar-refractivity contribution >= 4 is 22.0 Å². The Labute approximate surface area is 65.7 Å². The molecule has 3 N–H and O–H groups in total. The van der Waals surface area contributed by atoms with Crippen molar-refractivity contribution in [3.05, 3.63) is 0 Å². The molecule has 0 radical (unpaired) electrons. The van der Waals surface area contributed by atoms with Crippen LogP contribution >= 0.6 is 11.8 Å². The van der Waals surface area contributed by atoms with Crippen molar-refractivity contribution in [1.82, 2.24) is 4.72 Å². The van der Waals surface area contributed by atoms with Gasteiger partial charge < -0.3 is 0 Å². The summed E-state index contributed by atoms with van der Waals surface area (Å²) >= 11 is 1.68. The van der Waals surface area contributed by atoms with Crippen LogP contribution < -0.4 is 9.86 Å². The van der Waals surface area contributed by atoms with Gasteiger partial charge in [-0.05, 0) is 18.4 Å². The van der Waals surface area contributed by atoms with E-state index in [9.17, 15) is 8.42 Å². The number of thioether (sulfide) groups is 1. The lowest BCUT2D eigenvalue weighted by Crippen LogP contribution is -2.31. The zero-order valence-corrected chi connectivity index (χ0v) is 7.46. The lowest BCUT2D eigenvalue weighted by atomic mass is 10.5. The van der Waals surface area contributed by atoms with Crippen LogP contribution in [0.1, 0.15) is 6.42 Å². The molecule has 0 aliphatic rings. The molecule has 0 aliphatic heterocycles. The highest BCUT2D eigenvalue weighted by atomic mass is 32.2. The van der Waals surface area contributed by atoms with E-state index in [0.29, 0.717) is 6.54 Å². The smallest absolute Gasteiger partial charge is 0.216 e. The van der Waals surface area contributed by atoms with Crippen LogP contribution in [-0.4, -0.2) is 27.0 Å². The fourth-order valence-electron chi connectivity index (χ4n) is 0.431. The van der Waals surface area contributed by atoms with Gasteiger partial charge in [0.05, 0.1) is 0 Å². The third-order valence-electron chi connectivity index (χ3n) is 0.828. The molecule has 0 unspecified atom stereocenters. The van der Waals surface area contributed by atoms with Gasteiger partial charge in [0.1, 0.15) is 0 Å². The molecule has 4 nitrogen and oxygen atoms in total. The topological polar surface area (TPSA) is 72.2 Å². The summed E-state index contributed by atoms with van der Waals surface area (Å²) < 4.78 is 22.7. The van der Waals surface area contributed by atoms with Gasteiger partial charge in [-0.1, -0.05) is 0 Å². The first-order valence-corrected chi connectivity index (χ1v) is 5.76. The lowest BCUT2D eigenvalue weighted by molar-refractivity contribution is 0.583. The fourth-order valence-corrected chi connectivity index (χ4v) is 1.29. The Bertz CT molecular complexity index is 166. The van der Waals surface area contributed by atoms with E-state index < -0.39 is 10.2 Å². The zero-order valence-electron chi connectivity index (χ0n) is 5.83. The van der Waals surface area contributed by atoms with E-state index >= 15 is 0 Å². The quantitative estimate of drug-likeness (QED) is 0.567. The Hall–Kier alpha value is 0.220. The average Bonchev–Trinajstić information content (AvgIpc) is 1.78. The summed E-state index contributed by atoms with van der Waals surface area (Å²) in [4.78, 5) is 0. The van der Waals surface area contributed by atoms with E-state index in [1.54, 1.807) is 11.8 Å². The highest BCUT2D eigenvalue weighted by molar-refractivity contribution is 7.98. The van der Waals surface area contributed by atoms with Crippen molar-refractivity contribution in [3.63, 3.8) is 0 Å². The molecule has 0 atom stereocenters. The van der Waals surface area contributed by atoms with Gasteiger partial charge in [-0.25, -0.2) is 9.86 Å². The van der Waals surface area contributed by atoms with Gasteiger partial charge >= 0.3 is 0 Å². The molecule has 0 saturated carbocycles. The SMILES string of the molecule is CSCCCNS(N)(=O)=O. The first-order chi connectivity index (χ1) is 4.56. The number of rotatable bonds is 5. The van der Waals surface area contributed by atoms with Gasteiger partial charge in [0.15, 0.2) is 0 Å². The molecule has 10 heavy (non-hydrogen) atoms. The molecule has 0 spiro atoms. The number of hydrogen-bond acceptors (Lipinski definition) is 3. The van der Waals surface area contributed by atoms with Crippen LogP contribution in [0.15, 0.2) is 0 Å². The normalized spacial score (nSPS) is 11.8. The molecule has 0 aromatic rings. The summed E-state index contributed by atoms with van der Waals surface area (Å²) in [7, 11) is -3.46. The molecule has 0 amide bonds. The van der Waals surface area contributed by atoms with Gasteiger partial charge in [-0.2, -0.15) is 20.2 Å². The van der Waals surface area contributed by atoms with Gasteiger partial charge in [0.2, 0.25) is 0 Å². The number of nitrogens with one attached hydrogen (secondary N) is 1. The van der Waals surface area contributed by atoms with Gasteiger partial charge in [0.25, 0.3) is 10.2 Å². The molecule has 0 aromatic carbocycles. The molecule has 0 saturated heterocycles. The van der Waals surface area contributed by atoms with E-state index in [2.05, 4.69) is 9.86 Å². The Balaban J connectivity index is 3.21. The summed E-state index contributed by atoms with van der Waals surface area (Å²) in [6, 6.07) is 0. The van der Waals surface area contributed by atoms with E-state index in [1.165, 1.54) is 0 Å². The second kappa shape index (κ2) is 4.95. The summed E-state index contributed by atoms with van der Waals surface area (Å²) in [6.07, 6.45) is 2.79. The standard InChI is InChI=1S/C4H12N2O2S2/c1-9-4-2-3-6-10(5,7)8/h6H,2-4H2,1H3,(H2,5,7,8). The van der Waals surface area contributed by atoms with Crippen molar-refractivity contribution < 1.29 is 8.42 Å². The summed E-state index contributed by atoms with van der Waals surface area (Å²) in [5, 5.41) is 4.67. The fraction of sp³-hybridized carbons (Fsp3) is 1.00. The predicted molar refractivity (Wildman–Crippen MR) is 44.1 cm³/mol. The van der Waals surface area contributed by atoms with Crippen molar-refractivity contribution in [2.24, 2.45) is 5.14 Å². The first-order valence-electron chi connectivity index (χ1n) is 2.82. The molecule has 0 fully saturated rings. The van der Waals surface area contributed by atoms with Crippen LogP contribution in [-0.2, 0) is 10.2 Å². The minimum absolute atomic E-state index is 0.430. The minimum atomic E-state index is -3.46. The summed E-state index contributed by atoms with van der Waals surface area (Å²) in [6.45, 7) is 0.430. The van der Waals surface area contributed by atoms with Crippen LogP contribution in [0.25, 0.3) is 0 Å². The molecule has 62 valence electrons. The van der Waals surface area contributed by atoms with Crippen molar-refractivity contribution in [1.29, 1.82) is 0 Å². The van der Waals surface area contributed by atoms with Crippen LogP contribution in [0.3, 0.4) is 0 Å². The molecule has 0 aromatic heterocycles. The Morgan fingerprint density at radius 1 is 1.60 bits per heavy atom. The summed E-state index contributed by atoms with van der Waals surface area (Å²) in [5.41, 5.74) is 0. The molecular weight excluding hydrogens is 172 g/mol. The molecule has 0 rings (SSSR count). The largest absolute Gasteiger partial charge is 0.274 e. The third kappa shape index (κ3) is 8.22. The van der Waals surface area contributed by atoms with Crippen molar-refractivity contribution in [3.8, 4) is 0 Å². The van der Waals surface area contributed by atoms with E-state index in [4.69, 9.17) is 0 Å². The van der Waals surface area contributed by atoms with Gasteiger partial charge in [-0.3, -0.25) is 0 Å².